The van der Waals surface area contributed by atoms with Gasteiger partial charge in [0.05, 0.1) is 6.10 Å². The first-order valence-electron chi connectivity index (χ1n) is 14.1. The fourth-order valence-electron chi connectivity index (χ4n) is 5.61. The maximum Gasteiger partial charge on any atom is 0.0818 e. The van der Waals surface area contributed by atoms with E-state index in [4.69, 9.17) is 4.74 Å². The van der Waals surface area contributed by atoms with Crippen LogP contribution in [0.15, 0.2) is 60.7 Å². The lowest BCUT2D eigenvalue weighted by atomic mass is 9.77. The van der Waals surface area contributed by atoms with Crippen LogP contribution < -0.4 is 0 Å². The Bertz CT molecular complexity index is 805. The van der Waals surface area contributed by atoms with Gasteiger partial charge in [-0.1, -0.05) is 113 Å². The molecule has 0 N–H and O–H groups in total. The number of hydrogen-bond acceptors (Lipinski definition) is 1. The van der Waals surface area contributed by atoms with Crippen molar-refractivity contribution >= 4 is 0 Å². The van der Waals surface area contributed by atoms with Gasteiger partial charge < -0.3 is 4.74 Å². The highest BCUT2D eigenvalue weighted by Gasteiger charge is 2.20. The summed E-state index contributed by atoms with van der Waals surface area (Å²) in [6.07, 6.45) is 21.8. The first kappa shape index (κ1) is 26.7. The minimum Gasteiger partial charge on any atom is -0.377 e. The van der Waals surface area contributed by atoms with Gasteiger partial charge in [0, 0.05) is 7.11 Å². The maximum atomic E-state index is 5.57. The van der Waals surface area contributed by atoms with E-state index in [1.807, 2.05) is 7.11 Å². The Balaban J connectivity index is 1.27. The highest BCUT2D eigenvalue weighted by Crippen LogP contribution is 2.34. The lowest BCUT2D eigenvalue weighted by molar-refractivity contribution is 0.100. The monoisotopic (exact) mass is 460 g/mol. The van der Waals surface area contributed by atoms with Crippen molar-refractivity contribution in [3.63, 3.8) is 0 Å². The van der Waals surface area contributed by atoms with Crippen LogP contribution >= 0.6 is 0 Å². The van der Waals surface area contributed by atoms with E-state index >= 15 is 0 Å². The highest BCUT2D eigenvalue weighted by atomic mass is 16.5. The molecule has 1 nitrogen and oxygen atoms in total. The van der Waals surface area contributed by atoms with Crippen molar-refractivity contribution in [2.24, 2.45) is 11.8 Å². The average Bonchev–Trinajstić information content (AvgIpc) is 2.88. The first-order chi connectivity index (χ1) is 16.7. The van der Waals surface area contributed by atoms with E-state index < -0.39 is 0 Å². The van der Waals surface area contributed by atoms with Gasteiger partial charge >= 0.3 is 0 Å². The molecule has 0 aromatic heterocycles. The normalized spacial score (nSPS) is 19.5. The predicted molar refractivity (Wildman–Crippen MR) is 147 cm³/mol. The Hall–Kier alpha value is -1.86. The molecule has 0 saturated heterocycles. The predicted octanol–water partition coefficient (Wildman–Crippen LogP) is 9.44. The summed E-state index contributed by atoms with van der Waals surface area (Å²) in [5, 5.41) is 0. The molecule has 34 heavy (non-hydrogen) atoms. The number of ether oxygens (including phenoxy) is 1. The average molecular weight is 461 g/mol. The quantitative estimate of drug-likeness (QED) is 0.201. The molecule has 2 aromatic rings. The van der Waals surface area contributed by atoms with E-state index in [9.17, 15) is 0 Å². The van der Waals surface area contributed by atoms with Crippen molar-refractivity contribution in [3.8, 4) is 0 Å². The third kappa shape index (κ3) is 9.06. The molecule has 1 fully saturated rings. The second kappa shape index (κ2) is 15.2. The van der Waals surface area contributed by atoms with Crippen LogP contribution in [0.5, 0.6) is 0 Å². The van der Waals surface area contributed by atoms with Crippen molar-refractivity contribution in [1.29, 1.82) is 0 Å². The van der Waals surface area contributed by atoms with Gasteiger partial charge in [-0.05, 0) is 79.0 Å². The van der Waals surface area contributed by atoms with Crippen molar-refractivity contribution in [2.45, 2.75) is 103 Å². The summed E-state index contributed by atoms with van der Waals surface area (Å²) in [7, 11) is 1.81. The van der Waals surface area contributed by atoms with Gasteiger partial charge in [0.1, 0.15) is 0 Å². The third-order valence-corrected chi connectivity index (χ3v) is 7.92. The van der Waals surface area contributed by atoms with Gasteiger partial charge in [0.15, 0.2) is 0 Å². The van der Waals surface area contributed by atoms with Crippen molar-refractivity contribution < 1.29 is 4.74 Å². The van der Waals surface area contributed by atoms with E-state index in [-0.39, 0.29) is 6.10 Å². The van der Waals surface area contributed by atoms with Gasteiger partial charge in [0.25, 0.3) is 0 Å². The van der Waals surface area contributed by atoms with E-state index in [0.29, 0.717) is 0 Å². The van der Waals surface area contributed by atoms with Crippen LogP contribution in [0.3, 0.4) is 0 Å². The molecular formula is C33H48O. The van der Waals surface area contributed by atoms with Gasteiger partial charge in [-0.2, -0.15) is 0 Å². The largest absolute Gasteiger partial charge is 0.377 e. The van der Waals surface area contributed by atoms with Crippen LogP contribution in [0, 0.1) is 11.8 Å². The van der Waals surface area contributed by atoms with Gasteiger partial charge in [-0.15, -0.1) is 0 Å². The number of allylic oxidation sites excluding steroid dienone is 2. The summed E-state index contributed by atoms with van der Waals surface area (Å²) in [6.45, 7) is 4.38. The minimum atomic E-state index is 0.239. The maximum absolute atomic E-state index is 5.57. The minimum absolute atomic E-state index is 0.239. The molecule has 0 bridgehead atoms. The van der Waals surface area contributed by atoms with Gasteiger partial charge in [-0.3, -0.25) is 0 Å². The van der Waals surface area contributed by atoms with E-state index in [1.165, 1.54) is 86.5 Å². The number of methoxy groups -OCH3 is 1. The molecule has 1 aliphatic carbocycles. The molecule has 1 saturated carbocycles. The van der Waals surface area contributed by atoms with Crippen LogP contribution in [-0.4, -0.2) is 7.11 Å². The smallest absolute Gasteiger partial charge is 0.0818 e. The molecule has 3 rings (SSSR count). The second-order valence-electron chi connectivity index (χ2n) is 10.4. The molecule has 0 spiro atoms. The summed E-state index contributed by atoms with van der Waals surface area (Å²) < 4.78 is 5.57. The fraction of sp³-hybridized carbons (Fsp3) is 0.576. The van der Waals surface area contributed by atoms with Crippen LogP contribution in [0.1, 0.15) is 106 Å². The second-order valence-corrected chi connectivity index (χ2v) is 10.4. The summed E-state index contributed by atoms with van der Waals surface area (Å²) in [6, 6.07) is 18.5. The standard InChI is InChI=1S/C33H48O/c1-4-6-7-10-27-13-15-28(16-14-27)11-8-9-12-29-17-19-30(20-18-29)21-22-31-23-25-32(26-24-31)33(5-2)34-3/h6-7,13-16,23-26,29-30,33H,4-5,8-12,17-22H2,1-3H3. The number of unbranched alkanes of at least 4 members (excludes halogenated alkanes) is 1. The van der Waals surface area contributed by atoms with Crippen LogP contribution in [-0.2, 0) is 24.0 Å². The molecule has 0 aliphatic heterocycles. The fourth-order valence-corrected chi connectivity index (χ4v) is 5.61. The molecule has 1 aliphatic rings. The summed E-state index contributed by atoms with van der Waals surface area (Å²) >= 11 is 0. The lowest BCUT2D eigenvalue weighted by Crippen LogP contribution is -2.15. The van der Waals surface area contributed by atoms with Gasteiger partial charge in [-0.25, -0.2) is 0 Å². The zero-order valence-electron chi connectivity index (χ0n) is 22.1. The SMILES string of the molecule is CCC=CCc1ccc(CCCCC2CCC(CCc3ccc(C(CC)OC)cc3)CC2)cc1. The Labute approximate surface area is 210 Å². The summed E-state index contributed by atoms with van der Waals surface area (Å²) in [5.41, 5.74) is 5.74. The molecular weight excluding hydrogens is 412 g/mol. The highest BCUT2D eigenvalue weighted by molar-refractivity contribution is 5.25. The van der Waals surface area contributed by atoms with E-state index in [0.717, 1.165) is 31.1 Å². The van der Waals surface area contributed by atoms with Crippen LogP contribution in [0.2, 0.25) is 0 Å². The first-order valence-corrected chi connectivity index (χ1v) is 14.1. The molecule has 186 valence electrons. The Morgan fingerprint density at radius 2 is 1.32 bits per heavy atom. The summed E-state index contributed by atoms with van der Waals surface area (Å²) in [5.74, 6) is 1.91. The van der Waals surface area contributed by atoms with Crippen molar-refractivity contribution in [2.75, 3.05) is 7.11 Å². The molecule has 1 atom stereocenters. The van der Waals surface area contributed by atoms with Crippen molar-refractivity contribution in [1.82, 2.24) is 0 Å². The Kier molecular flexibility index (Phi) is 12.0. The molecule has 0 amide bonds. The molecule has 2 aromatic carbocycles. The zero-order valence-corrected chi connectivity index (χ0v) is 22.1. The molecule has 0 heterocycles. The number of benzene rings is 2. The zero-order chi connectivity index (χ0) is 24.0. The van der Waals surface area contributed by atoms with Crippen molar-refractivity contribution in [3.05, 3.63) is 82.9 Å². The molecule has 0 radical (unpaired) electrons. The molecule has 1 heteroatoms. The van der Waals surface area contributed by atoms with Crippen LogP contribution in [0.25, 0.3) is 0 Å². The lowest BCUT2D eigenvalue weighted by Gasteiger charge is -2.28. The van der Waals surface area contributed by atoms with Crippen LogP contribution in [0.4, 0.5) is 0 Å². The topological polar surface area (TPSA) is 9.23 Å². The number of hydrogen-bond donors (Lipinski definition) is 0. The summed E-state index contributed by atoms with van der Waals surface area (Å²) in [4.78, 5) is 0. The Morgan fingerprint density at radius 1 is 0.735 bits per heavy atom. The van der Waals surface area contributed by atoms with Gasteiger partial charge in [0.2, 0.25) is 0 Å². The Morgan fingerprint density at radius 3 is 1.94 bits per heavy atom. The third-order valence-electron chi connectivity index (χ3n) is 7.92. The number of rotatable bonds is 14. The van der Waals surface area contributed by atoms with E-state index in [1.54, 1.807) is 0 Å². The number of aryl methyl sites for hydroxylation is 2. The molecule has 1 unspecified atom stereocenters. The van der Waals surface area contributed by atoms with E-state index in [2.05, 4.69) is 74.5 Å².